The SMILES string of the molecule is C=CC[C@@H]1C(=O)[C@@H]2OC(c3ccccc3)OC[C@H]2O[C@@H]1OC. The molecule has 5 heteroatoms. The fourth-order valence-electron chi connectivity index (χ4n) is 2.91. The number of fused-ring (bicyclic) bond motifs is 1. The van der Waals surface area contributed by atoms with Crippen molar-refractivity contribution in [3.8, 4) is 0 Å². The van der Waals surface area contributed by atoms with E-state index in [1.807, 2.05) is 30.3 Å². The van der Waals surface area contributed by atoms with E-state index in [4.69, 9.17) is 18.9 Å². The topological polar surface area (TPSA) is 54.0 Å². The molecule has 0 saturated carbocycles. The average molecular weight is 304 g/mol. The molecule has 0 radical (unpaired) electrons. The third kappa shape index (κ3) is 2.85. The zero-order valence-electron chi connectivity index (χ0n) is 12.5. The Morgan fingerprint density at radius 2 is 2.09 bits per heavy atom. The number of ether oxygens (including phenoxy) is 4. The van der Waals surface area contributed by atoms with Crippen molar-refractivity contribution >= 4 is 5.78 Å². The van der Waals surface area contributed by atoms with Gasteiger partial charge in [0, 0.05) is 12.7 Å². The van der Waals surface area contributed by atoms with E-state index in [9.17, 15) is 4.79 Å². The lowest BCUT2D eigenvalue weighted by atomic mass is 9.89. The maximum absolute atomic E-state index is 12.7. The largest absolute Gasteiger partial charge is 0.355 e. The molecule has 2 aliphatic rings. The third-order valence-electron chi connectivity index (χ3n) is 4.03. The van der Waals surface area contributed by atoms with E-state index in [1.165, 1.54) is 7.11 Å². The number of hydrogen-bond donors (Lipinski definition) is 0. The van der Waals surface area contributed by atoms with Gasteiger partial charge in [-0.05, 0) is 6.42 Å². The van der Waals surface area contributed by atoms with E-state index >= 15 is 0 Å². The first-order valence-corrected chi connectivity index (χ1v) is 7.39. The summed E-state index contributed by atoms with van der Waals surface area (Å²) >= 11 is 0. The molecule has 22 heavy (non-hydrogen) atoms. The number of rotatable bonds is 4. The highest BCUT2D eigenvalue weighted by Gasteiger charge is 2.48. The number of carbonyl (C=O) groups excluding carboxylic acids is 1. The van der Waals surface area contributed by atoms with Crippen LogP contribution in [0.2, 0.25) is 0 Å². The van der Waals surface area contributed by atoms with Crippen molar-refractivity contribution < 1.29 is 23.7 Å². The van der Waals surface area contributed by atoms with Gasteiger partial charge in [-0.1, -0.05) is 36.4 Å². The Balaban J connectivity index is 1.77. The Morgan fingerprint density at radius 3 is 2.77 bits per heavy atom. The highest BCUT2D eigenvalue weighted by molar-refractivity contribution is 5.87. The van der Waals surface area contributed by atoms with Gasteiger partial charge >= 0.3 is 0 Å². The summed E-state index contributed by atoms with van der Waals surface area (Å²) in [6, 6.07) is 9.58. The highest BCUT2D eigenvalue weighted by Crippen LogP contribution is 2.35. The number of benzene rings is 1. The molecule has 0 aliphatic carbocycles. The second-order valence-corrected chi connectivity index (χ2v) is 5.44. The van der Waals surface area contributed by atoms with Crippen LogP contribution in [0.3, 0.4) is 0 Å². The Hall–Kier alpha value is -1.53. The number of hydrogen-bond acceptors (Lipinski definition) is 5. The van der Waals surface area contributed by atoms with Crippen molar-refractivity contribution in [2.75, 3.05) is 13.7 Å². The van der Waals surface area contributed by atoms with E-state index < -0.39 is 30.7 Å². The molecule has 2 fully saturated rings. The first-order chi connectivity index (χ1) is 10.7. The maximum atomic E-state index is 12.7. The molecular weight excluding hydrogens is 284 g/mol. The van der Waals surface area contributed by atoms with Gasteiger partial charge in [0.2, 0.25) is 0 Å². The molecule has 0 bridgehead atoms. The van der Waals surface area contributed by atoms with Crippen LogP contribution in [0.15, 0.2) is 43.0 Å². The quantitative estimate of drug-likeness (QED) is 0.799. The standard InChI is InChI=1S/C17H20O5/c1-3-7-12-14(18)15-13(21-17(12)19-2)10-20-16(22-15)11-8-5-4-6-9-11/h3-6,8-9,12-13,15-17H,1,7,10H2,2H3/t12-,13-,15-,16?,17+/m1/s1. The second-order valence-electron chi connectivity index (χ2n) is 5.44. The van der Waals surface area contributed by atoms with Crippen LogP contribution in [0.1, 0.15) is 18.3 Å². The predicted molar refractivity (Wildman–Crippen MR) is 79.0 cm³/mol. The lowest BCUT2D eigenvalue weighted by molar-refractivity contribution is -0.308. The summed E-state index contributed by atoms with van der Waals surface area (Å²) in [6.45, 7) is 4.00. The van der Waals surface area contributed by atoms with Gasteiger partial charge in [-0.25, -0.2) is 0 Å². The highest BCUT2D eigenvalue weighted by atomic mass is 16.7. The molecule has 0 aromatic heterocycles. The van der Waals surface area contributed by atoms with Crippen LogP contribution in [-0.2, 0) is 23.7 Å². The van der Waals surface area contributed by atoms with Crippen molar-refractivity contribution in [1.29, 1.82) is 0 Å². The van der Waals surface area contributed by atoms with E-state index in [1.54, 1.807) is 6.08 Å². The minimum absolute atomic E-state index is 0.00719. The molecule has 3 rings (SSSR count). The molecule has 2 aliphatic heterocycles. The number of allylic oxidation sites excluding steroid dienone is 1. The van der Waals surface area contributed by atoms with E-state index in [2.05, 4.69) is 6.58 Å². The Labute approximate surface area is 129 Å². The molecular formula is C17H20O5. The summed E-state index contributed by atoms with van der Waals surface area (Å²) in [6.07, 6.45) is 0.0204. The van der Waals surface area contributed by atoms with Crippen molar-refractivity contribution in [3.63, 3.8) is 0 Å². The lowest BCUT2D eigenvalue weighted by Crippen LogP contribution is -2.57. The zero-order valence-corrected chi connectivity index (χ0v) is 12.5. The third-order valence-corrected chi connectivity index (χ3v) is 4.03. The minimum Gasteiger partial charge on any atom is -0.355 e. The van der Waals surface area contributed by atoms with Gasteiger partial charge < -0.3 is 18.9 Å². The molecule has 0 amide bonds. The van der Waals surface area contributed by atoms with E-state index in [0.717, 1.165) is 5.56 Å². The average Bonchev–Trinajstić information content (AvgIpc) is 2.58. The molecule has 0 spiro atoms. The summed E-state index contributed by atoms with van der Waals surface area (Å²) in [7, 11) is 1.53. The Morgan fingerprint density at radius 1 is 1.32 bits per heavy atom. The van der Waals surface area contributed by atoms with Gasteiger partial charge in [0.25, 0.3) is 0 Å². The smallest absolute Gasteiger partial charge is 0.184 e. The summed E-state index contributed by atoms with van der Waals surface area (Å²) < 4.78 is 22.7. The normalized spacial score (nSPS) is 35.0. The second kappa shape index (κ2) is 6.71. The van der Waals surface area contributed by atoms with Gasteiger partial charge in [-0.3, -0.25) is 4.79 Å². The van der Waals surface area contributed by atoms with Crippen molar-refractivity contribution in [1.82, 2.24) is 0 Å². The molecule has 0 N–H and O–H groups in total. The fraction of sp³-hybridized carbons (Fsp3) is 0.471. The lowest BCUT2D eigenvalue weighted by Gasteiger charge is -2.43. The predicted octanol–water partition coefficient (Wildman–Crippen LogP) is 2.23. The number of ketones is 1. The number of carbonyl (C=O) groups is 1. The van der Waals surface area contributed by atoms with Gasteiger partial charge in [0.15, 0.2) is 18.4 Å². The van der Waals surface area contributed by atoms with Gasteiger partial charge in [-0.15, -0.1) is 6.58 Å². The van der Waals surface area contributed by atoms with Crippen molar-refractivity contribution in [2.24, 2.45) is 5.92 Å². The molecule has 2 saturated heterocycles. The van der Waals surface area contributed by atoms with E-state index in [0.29, 0.717) is 13.0 Å². The van der Waals surface area contributed by atoms with Crippen LogP contribution in [0, 0.1) is 5.92 Å². The van der Waals surface area contributed by atoms with Crippen LogP contribution in [0.4, 0.5) is 0 Å². The molecule has 1 unspecified atom stereocenters. The summed E-state index contributed by atoms with van der Waals surface area (Å²) in [5, 5.41) is 0. The number of Topliss-reactive ketones (excluding diaryl/α,β-unsaturated/α-hetero) is 1. The van der Waals surface area contributed by atoms with Crippen LogP contribution in [0.25, 0.3) is 0 Å². The molecule has 1 aromatic carbocycles. The number of methoxy groups -OCH3 is 1. The first-order valence-electron chi connectivity index (χ1n) is 7.39. The summed E-state index contributed by atoms with van der Waals surface area (Å²) in [5.74, 6) is -0.398. The summed E-state index contributed by atoms with van der Waals surface area (Å²) in [5.41, 5.74) is 0.892. The van der Waals surface area contributed by atoms with Crippen molar-refractivity contribution in [3.05, 3.63) is 48.6 Å². The monoisotopic (exact) mass is 304 g/mol. The van der Waals surface area contributed by atoms with Crippen LogP contribution in [0.5, 0.6) is 0 Å². The van der Waals surface area contributed by atoms with Gasteiger partial charge in [0.1, 0.15) is 12.2 Å². The van der Waals surface area contributed by atoms with E-state index in [-0.39, 0.29) is 5.78 Å². The Bertz CT molecular complexity index is 529. The molecule has 2 heterocycles. The van der Waals surface area contributed by atoms with Crippen LogP contribution < -0.4 is 0 Å². The first kappa shape index (κ1) is 15.4. The minimum atomic E-state index is -0.629. The fourth-order valence-corrected chi connectivity index (χ4v) is 2.91. The molecule has 5 nitrogen and oxygen atoms in total. The van der Waals surface area contributed by atoms with Crippen molar-refractivity contribution in [2.45, 2.75) is 31.2 Å². The maximum Gasteiger partial charge on any atom is 0.184 e. The zero-order chi connectivity index (χ0) is 15.5. The van der Waals surface area contributed by atoms with Gasteiger partial charge in [-0.2, -0.15) is 0 Å². The summed E-state index contributed by atoms with van der Waals surface area (Å²) in [4.78, 5) is 12.7. The molecule has 118 valence electrons. The molecule has 5 atom stereocenters. The van der Waals surface area contributed by atoms with Gasteiger partial charge in [0.05, 0.1) is 12.5 Å². The van der Waals surface area contributed by atoms with Crippen LogP contribution >= 0.6 is 0 Å². The Kier molecular flexibility index (Phi) is 4.69. The van der Waals surface area contributed by atoms with Crippen LogP contribution in [-0.4, -0.2) is 38.0 Å². The molecule has 1 aromatic rings.